The lowest BCUT2D eigenvalue weighted by Gasteiger charge is -2.19. The molecule has 0 unspecified atom stereocenters. The zero-order valence-corrected chi connectivity index (χ0v) is 12.0. The van der Waals surface area contributed by atoms with E-state index in [0.717, 1.165) is 17.7 Å². The van der Waals surface area contributed by atoms with Gasteiger partial charge in [0.15, 0.2) is 11.5 Å². The van der Waals surface area contributed by atoms with Gasteiger partial charge in [-0.3, -0.25) is 4.31 Å². The van der Waals surface area contributed by atoms with Gasteiger partial charge in [-0.05, 0) is 30.2 Å². The topological polar surface area (TPSA) is 55.8 Å². The van der Waals surface area contributed by atoms with E-state index >= 15 is 0 Å². The fourth-order valence-electron chi connectivity index (χ4n) is 2.72. The van der Waals surface area contributed by atoms with Gasteiger partial charge < -0.3 is 9.47 Å². The standard InChI is InChI=1S/C15H13NO4S/c17-21(18,12-5-6-14-15(9-12)20-10-19-14)16-8-7-11-3-1-2-4-13(11)16/h1-6,9H,7-8,10H2. The number of ether oxygens (including phenoxy) is 2. The predicted octanol–water partition coefficient (Wildman–Crippen LogP) is 2.17. The van der Waals surface area contributed by atoms with Crippen molar-refractivity contribution in [3.63, 3.8) is 0 Å². The molecule has 2 heterocycles. The van der Waals surface area contributed by atoms with Gasteiger partial charge in [0.1, 0.15) is 0 Å². The van der Waals surface area contributed by atoms with Crippen LogP contribution in [0.3, 0.4) is 0 Å². The molecule has 108 valence electrons. The highest BCUT2D eigenvalue weighted by atomic mass is 32.2. The predicted molar refractivity (Wildman–Crippen MR) is 77.2 cm³/mol. The Morgan fingerprint density at radius 2 is 1.81 bits per heavy atom. The number of benzene rings is 2. The minimum absolute atomic E-state index is 0.130. The van der Waals surface area contributed by atoms with Gasteiger partial charge in [0.25, 0.3) is 10.0 Å². The SMILES string of the molecule is O=S(=O)(c1ccc2c(c1)OCO2)N1CCc2ccccc21. The molecule has 0 aromatic heterocycles. The Kier molecular flexibility index (Phi) is 2.62. The third kappa shape index (κ3) is 1.86. The van der Waals surface area contributed by atoms with E-state index < -0.39 is 10.0 Å². The van der Waals surface area contributed by atoms with Crippen LogP contribution >= 0.6 is 0 Å². The number of hydrogen-bond acceptors (Lipinski definition) is 4. The highest BCUT2D eigenvalue weighted by molar-refractivity contribution is 7.92. The number of nitrogens with zero attached hydrogens (tertiary/aromatic N) is 1. The van der Waals surface area contributed by atoms with E-state index in [4.69, 9.17) is 9.47 Å². The van der Waals surface area contributed by atoms with Gasteiger partial charge in [0.05, 0.1) is 10.6 Å². The Morgan fingerprint density at radius 1 is 1.00 bits per heavy atom. The van der Waals surface area contributed by atoms with Crippen molar-refractivity contribution in [1.29, 1.82) is 0 Å². The molecule has 2 aromatic rings. The number of para-hydroxylation sites is 1. The molecule has 0 bridgehead atoms. The third-order valence-corrected chi connectivity index (χ3v) is 5.59. The summed E-state index contributed by atoms with van der Waals surface area (Å²) in [6, 6.07) is 12.3. The molecule has 0 saturated heterocycles. The molecule has 2 aliphatic heterocycles. The van der Waals surface area contributed by atoms with Crippen LogP contribution in [0.2, 0.25) is 0 Å². The minimum atomic E-state index is -3.58. The molecule has 0 amide bonds. The number of hydrogen-bond donors (Lipinski definition) is 0. The molecule has 21 heavy (non-hydrogen) atoms. The molecule has 0 aliphatic carbocycles. The Bertz CT molecular complexity index is 816. The van der Waals surface area contributed by atoms with Crippen molar-refractivity contribution in [2.75, 3.05) is 17.6 Å². The highest BCUT2D eigenvalue weighted by Gasteiger charge is 2.31. The average Bonchev–Trinajstić information content (AvgIpc) is 3.13. The third-order valence-electron chi connectivity index (χ3n) is 3.78. The molecule has 0 spiro atoms. The van der Waals surface area contributed by atoms with Crippen molar-refractivity contribution in [2.24, 2.45) is 0 Å². The largest absolute Gasteiger partial charge is 0.454 e. The van der Waals surface area contributed by atoms with Crippen molar-refractivity contribution in [1.82, 2.24) is 0 Å². The first-order valence-electron chi connectivity index (χ1n) is 6.66. The zero-order valence-electron chi connectivity index (χ0n) is 11.2. The summed E-state index contributed by atoms with van der Waals surface area (Å²) in [5.74, 6) is 1.05. The monoisotopic (exact) mass is 303 g/mol. The van der Waals surface area contributed by atoms with Crippen molar-refractivity contribution in [3.05, 3.63) is 48.0 Å². The van der Waals surface area contributed by atoms with Gasteiger partial charge in [-0.15, -0.1) is 0 Å². The number of sulfonamides is 1. The van der Waals surface area contributed by atoms with Crippen molar-refractivity contribution in [3.8, 4) is 11.5 Å². The first kappa shape index (κ1) is 12.5. The first-order chi connectivity index (χ1) is 10.2. The summed E-state index contributed by atoms with van der Waals surface area (Å²) in [4.78, 5) is 0.225. The summed E-state index contributed by atoms with van der Waals surface area (Å²) < 4.78 is 37.6. The summed E-state index contributed by atoms with van der Waals surface area (Å²) >= 11 is 0. The van der Waals surface area contributed by atoms with Gasteiger partial charge in [0, 0.05) is 12.6 Å². The van der Waals surface area contributed by atoms with Crippen LogP contribution in [0.15, 0.2) is 47.4 Å². The van der Waals surface area contributed by atoms with E-state index in [0.29, 0.717) is 18.0 Å². The molecule has 0 N–H and O–H groups in total. The molecule has 2 aromatic carbocycles. The van der Waals surface area contributed by atoms with Gasteiger partial charge in [-0.2, -0.15) is 0 Å². The minimum Gasteiger partial charge on any atom is -0.454 e. The Balaban J connectivity index is 1.78. The van der Waals surface area contributed by atoms with E-state index in [1.807, 2.05) is 24.3 Å². The molecule has 2 aliphatic rings. The van der Waals surface area contributed by atoms with Crippen LogP contribution in [-0.4, -0.2) is 21.8 Å². The van der Waals surface area contributed by atoms with E-state index in [1.54, 1.807) is 12.1 Å². The summed E-state index contributed by atoms with van der Waals surface area (Å²) in [5.41, 5.74) is 1.82. The van der Waals surface area contributed by atoms with Crippen molar-refractivity contribution in [2.45, 2.75) is 11.3 Å². The molecule has 0 saturated carbocycles. The quantitative estimate of drug-likeness (QED) is 0.853. The van der Waals surface area contributed by atoms with Crippen LogP contribution < -0.4 is 13.8 Å². The van der Waals surface area contributed by atoms with E-state index in [9.17, 15) is 8.42 Å². The number of rotatable bonds is 2. The second-order valence-corrected chi connectivity index (χ2v) is 6.83. The maximum Gasteiger partial charge on any atom is 0.264 e. The van der Waals surface area contributed by atoms with Gasteiger partial charge >= 0.3 is 0 Å². The van der Waals surface area contributed by atoms with Crippen LogP contribution in [0.4, 0.5) is 5.69 Å². The van der Waals surface area contributed by atoms with E-state index in [1.165, 1.54) is 10.4 Å². The summed E-state index contributed by atoms with van der Waals surface area (Å²) in [7, 11) is -3.58. The maximum atomic E-state index is 12.8. The number of fused-ring (bicyclic) bond motifs is 2. The fraction of sp³-hybridized carbons (Fsp3) is 0.200. The smallest absolute Gasteiger partial charge is 0.264 e. The van der Waals surface area contributed by atoms with Crippen LogP contribution in [-0.2, 0) is 16.4 Å². The highest BCUT2D eigenvalue weighted by Crippen LogP contribution is 2.37. The Morgan fingerprint density at radius 3 is 2.71 bits per heavy atom. The molecule has 0 fully saturated rings. The lowest BCUT2D eigenvalue weighted by Crippen LogP contribution is -2.29. The van der Waals surface area contributed by atoms with Crippen molar-refractivity contribution >= 4 is 15.7 Å². The van der Waals surface area contributed by atoms with Crippen molar-refractivity contribution < 1.29 is 17.9 Å². The molecular formula is C15H13NO4S. The number of anilines is 1. The second-order valence-electron chi connectivity index (χ2n) is 4.97. The molecule has 0 atom stereocenters. The normalized spacial score (nSPS) is 16.1. The lowest BCUT2D eigenvalue weighted by molar-refractivity contribution is 0.174. The fourth-order valence-corrected chi connectivity index (χ4v) is 4.24. The van der Waals surface area contributed by atoms with Crippen LogP contribution in [0.1, 0.15) is 5.56 Å². The lowest BCUT2D eigenvalue weighted by atomic mass is 10.2. The molecule has 5 nitrogen and oxygen atoms in total. The molecule has 6 heteroatoms. The molecule has 0 radical (unpaired) electrons. The van der Waals surface area contributed by atoms with E-state index in [2.05, 4.69) is 0 Å². The van der Waals surface area contributed by atoms with Crippen LogP contribution in [0.25, 0.3) is 0 Å². The summed E-state index contributed by atoms with van der Waals surface area (Å²) in [5, 5.41) is 0. The maximum absolute atomic E-state index is 12.8. The first-order valence-corrected chi connectivity index (χ1v) is 8.10. The van der Waals surface area contributed by atoms with E-state index in [-0.39, 0.29) is 11.7 Å². The Hall–Kier alpha value is -2.21. The summed E-state index contributed by atoms with van der Waals surface area (Å²) in [6.45, 7) is 0.599. The van der Waals surface area contributed by atoms with Crippen LogP contribution in [0, 0.1) is 0 Å². The average molecular weight is 303 g/mol. The molecule has 4 rings (SSSR count). The van der Waals surface area contributed by atoms with Gasteiger partial charge in [-0.1, -0.05) is 18.2 Å². The van der Waals surface area contributed by atoms with Gasteiger partial charge in [0.2, 0.25) is 6.79 Å². The van der Waals surface area contributed by atoms with Gasteiger partial charge in [-0.25, -0.2) is 8.42 Å². The zero-order chi connectivity index (χ0) is 14.4. The summed E-state index contributed by atoms with van der Waals surface area (Å²) in [6.07, 6.45) is 0.736. The molecular weight excluding hydrogens is 290 g/mol. The Labute approximate surface area is 122 Å². The second kappa shape index (κ2) is 4.39. The van der Waals surface area contributed by atoms with Crippen LogP contribution in [0.5, 0.6) is 11.5 Å².